The molecule has 1 aromatic carbocycles. The minimum absolute atomic E-state index is 0. The quantitative estimate of drug-likeness (QED) is 0.570. The molecule has 0 aliphatic carbocycles. The maximum Gasteiger partial charge on any atom is 2.00 e. The van der Waals surface area contributed by atoms with Crippen molar-refractivity contribution in [1.29, 1.82) is 0 Å². The summed E-state index contributed by atoms with van der Waals surface area (Å²) >= 11 is 0. The van der Waals surface area contributed by atoms with E-state index < -0.39 is 0 Å². The van der Waals surface area contributed by atoms with Gasteiger partial charge in [0.1, 0.15) is 0 Å². The van der Waals surface area contributed by atoms with Crippen molar-refractivity contribution in [1.82, 2.24) is 0 Å². The maximum absolute atomic E-state index is 3.75. The molecule has 0 aliphatic rings. The van der Waals surface area contributed by atoms with E-state index in [9.17, 15) is 0 Å². The molecule has 1 rings (SSSR count). The van der Waals surface area contributed by atoms with Gasteiger partial charge in [0, 0.05) is 12.2 Å². The summed E-state index contributed by atoms with van der Waals surface area (Å²) in [6.45, 7) is 7.69. The molecule has 15 heavy (non-hydrogen) atoms. The van der Waals surface area contributed by atoms with Crippen LogP contribution in [-0.2, 0) is 16.8 Å². The van der Waals surface area contributed by atoms with E-state index in [0.717, 1.165) is 13.1 Å². The third kappa shape index (κ3) is 5.65. The summed E-state index contributed by atoms with van der Waals surface area (Å²) in [5, 5.41) is 0. The van der Waals surface area contributed by atoms with Gasteiger partial charge in [-0.15, -0.1) is 13.1 Å². The number of nitrogens with zero attached hydrogens (tertiary/aromatic N) is 1. The molecular weight excluding hydrogens is 229 g/mol. The van der Waals surface area contributed by atoms with Crippen LogP contribution in [0.2, 0.25) is 0 Å². The maximum atomic E-state index is 3.75. The number of benzene rings is 1. The van der Waals surface area contributed by atoms with Gasteiger partial charge in [-0.3, -0.25) is 0 Å². The zero-order chi connectivity index (χ0) is 9.52. The first-order valence-corrected chi connectivity index (χ1v) is 4.57. The molecule has 0 aromatic heterocycles. The average molecular weight is 248 g/mol. The number of hydrogen-bond donors (Lipinski definition) is 0. The van der Waals surface area contributed by atoms with Gasteiger partial charge in [-0.05, 0) is 12.1 Å². The number of rotatable bonds is 5. The van der Waals surface area contributed by atoms with Crippen LogP contribution in [0.3, 0.4) is 0 Å². The van der Waals surface area contributed by atoms with Gasteiger partial charge in [-0.1, -0.05) is 24.3 Å². The molecule has 2 heteroatoms. The molecule has 0 aliphatic heterocycles. The Morgan fingerprint density at radius 1 is 1.33 bits per heavy atom. The van der Waals surface area contributed by atoms with Crippen LogP contribution < -0.4 is 4.90 Å². The van der Waals surface area contributed by atoms with Gasteiger partial charge in [0.15, 0.2) is 0 Å². The molecule has 0 heterocycles. The molecule has 0 bridgehead atoms. The molecule has 1 aromatic rings. The largest absolute Gasteiger partial charge is 2.00 e. The third-order valence-corrected chi connectivity index (χ3v) is 1.87. The predicted octanol–water partition coefficient (Wildman–Crippen LogP) is 3.35. The van der Waals surface area contributed by atoms with E-state index in [1.807, 2.05) is 12.1 Å². The second-order valence-corrected chi connectivity index (χ2v) is 2.94. The Hall–Kier alpha value is -0.734. The van der Waals surface area contributed by atoms with Crippen molar-refractivity contribution in [3.8, 4) is 0 Å². The summed E-state index contributed by atoms with van der Waals surface area (Å²) in [6.07, 6.45) is 4.08. The Balaban J connectivity index is 0. The van der Waals surface area contributed by atoms with Gasteiger partial charge in [-0.25, -0.2) is 0 Å². The fourth-order valence-corrected chi connectivity index (χ4v) is 1.30. The Morgan fingerprint density at radius 3 is 2.40 bits per heavy atom. The fourth-order valence-electron chi connectivity index (χ4n) is 1.30. The SMILES string of the molecule is C=CCN(C[CH-]C)c1ccccc1.[CH3-].[Co+2]. The fraction of sp³-hybridized carbons (Fsp3) is 0.231. The molecule has 1 radical (unpaired) electrons. The van der Waals surface area contributed by atoms with E-state index in [1.54, 1.807) is 0 Å². The molecule has 0 spiro atoms. The second-order valence-electron chi connectivity index (χ2n) is 2.94. The smallest absolute Gasteiger partial charge is 0.398 e. The summed E-state index contributed by atoms with van der Waals surface area (Å²) in [5.74, 6) is 0. The van der Waals surface area contributed by atoms with Crippen LogP contribution in [0.4, 0.5) is 5.69 Å². The average Bonchev–Trinajstić information content (AvgIpc) is 2.19. The van der Waals surface area contributed by atoms with Gasteiger partial charge in [0.05, 0.1) is 0 Å². The van der Waals surface area contributed by atoms with Crippen molar-refractivity contribution in [3.63, 3.8) is 0 Å². The molecule has 0 fully saturated rings. The van der Waals surface area contributed by atoms with Crippen molar-refractivity contribution in [2.24, 2.45) is 0 Å². The van der Waals surface area contributed by atoms with Gasteiger partial charge in [0.25, 0.3) is 0 Å². The summed E-state index contributed by atoms with van der Waals surface area (Å²) < 4.78 is 0. The minimum atomic E-state index is 0. The molecule has 0 saturated heterocycles. The first kappa shape index (κ1) is 16.7. The van der Waals surface area contributed by atoms with Gasteiger partial charge in [0.2, 0.25) is 0 Å². The van der Waals surface area contributed by atoms with Crippen LogP contribution in [0.5, 0.6) is 0 Å². The first-order valence-electron chi connectivity index (χ1n) is 4.57. The van der Waals surface area contributed by atoms with E-state index in [4.69, 9.17) is 0 Å². The monoisotopic (exact) mass is 248 g/mol. The standard InChI is InChI=1S/C12H16N.CH3.Co/c1-3-10-13(11-4-2)12-8-6-5-7-9-12;;/h3-9H,1,10-11H2,2H3;1H3;/q2*-1;+2. The van der Waals surface area contributed by atoms with E-state index in [1.165, 1.54) is 5.69 Å². The van der Waals surface area contributed by atoms with Crippen LogP contribution in [-0.4, -0.2) is 13.1 Å². The zero-order valence-electron chi connectivity index (χ0n) is 9.44. The van der Waals surface area contributed by atoms with Crippen molar-refractivity contribution in [2.75, 3.05) is 18.0 Å². The Labute approximate surface area is 104 Å². The van der Waals surface area contributed by atoms with Gasteiger partial charge < -0.3 is 18.7 Å². The number of hydrogen-bond acceptors (Lipinski definition) is 1. The number of anilines is 1. The van der Waals surface area contributed by atoms with Crippen molar-refractivity contribution >= 4 is 5.69 Å². The normalized spacial score (nSPS) is 8.33. The summed E-state index contributed by atoms with van der Waals surface area (Å²) in [5.41, 5.74) is 1.25. The Morgan fingerprint density at radius 2 is 1.93 bits per heavy atom. The second kappa shape index (κ2) is 9.81. The van der Waals surface area contributed by atoms with Crippen LogP contribution in [0.1, 0.15) is 6.92 Å². The number of para-hydroxylation sites is 1. The molecule has 0 unspecified atom stereocenters. The van der Waals surface area contributed by atoms with Gasteiger partial charge in [-0.2, -0.15) is 6.92 Å². The summed E-state index contributed by atoms with van der Waals surface area (Å²) in [6, 6.07) is 10.4. The predicted molar refractivity (Wildman–Crippen MR) is 65.2 cm³/mol. The van der Waals surface area contributed by atoms with E-state index in [2.05, 4.69) is 49.1 Å². The van der Waals surface area contributed by atoms with Crippen LogP contribution in [0, 0.1) is 13.8 Å². The van der Waals surface area contributed by atoms with E-state index in [0.29, 0.717) is 0 Å². The first-order chi connectivity index (χ1) is 6.38. The van der Waals surface area contributed by atoms with Crippen LogP contribution in [0.25, 0.3) is 0 Å². The molecule has 0 atom stereocenters. The van der Waals surface area contributed by atoms with Crippen molar-refractivity contribution in [3.05, 3.63) is 56.8 Å². The zero-order valence-corrected chi connectivity index (χ0v) is 10.5. The topological polar surface area (TPSA) is 3.24 Å². The molecule has 0 saturated carbocycles. The molecule has 85 valence electrons. The summed E-state index contributed by atoms with van der Waals surface area (Å²) in [7, 11) is 0. The van der Waals surface area contributed by atoms with Gasteiger partial charge >= 0.3 is 16.8 Å². The van der Waals surface area contributed by atoms with Crippen LogP contribution in [0.15, 0.2) is 43.0 Å². The Kier molecular flexibility index (Phi) is 10.9. The van der Waals surface area contributed by atoms with Crippen molar-refractivity contribution in [2.45, 2.75) is 6.92 Å². The third-order valence-electron chi connectivity index (χ3n) is 1.87. The van der Waals surface area contributed by atoms with E-state index >= 15 is 0 Å². The van der Waals surface area contributed by atoms with Crippen LogP contribution >= 0.6 is 0 Å². The van der Waals surface area contributed by atoms with Crippen molar-refractivity contribution < 1.29 is 16.8 Å². The molecular formula is C13H19CoN. The molecule has 1 nitrogen and oxygen atoms in total. The molecule has 0 N–H and O–H groups in total. The minimum Gasteiger partial charge on any atom is -0.398 e. The summed E-state index contributed by atoms with van der Waals surface area (Å²) in [4.78, 5) is 2.27. The van der Waals surface area contributed by atoms with E-state index in [-0.39, 0.29) is 24.2 Å². The molecule has 0 amide bonds. The Bertz CT molecular complexity index is 246.